The molecule has 1 N–H and O–H groups in total. The van der Waals surface area contributed by atoms with E-state index in [1.165, 1.54) is 5.56 Å². The van der Waals surface area contributed by atoms with E-state index < -0.39 is 0 Å². The van der Waals surface area contributed by atoms with Crippen LogP contribution in [0.2, 0.25) is 0 Å². The molecule has 1 heterocycles. The second kappa shape index (κ2) is 6.71. The van der Waals surface area contributed by atoms with Crippen LogP contribution in [-0.2, 0) is 17.5 Å². The van der Waals surface area contributed by atoms with Crippen molar-refractivity contribution in [2.75, 3.05) is 6.61 Å². The van der Waals surface area contributed by atoms with Crippen LogP contribution in [0.5, 0.6) is 5.75 Å². The molecule has 0 fully saturated rings. The van der Waals surface area contributed by atoms with Gasteiger partial charge in [0.1, 0.15) is 5.75 Å². The van der Waals surface area contributed by atoms with E-state index in [1.807, 2.05) is 19.1 Å². The fraction of sp³-hybridized carbons (Fsp3) is 0.556. The predicted molar refractivity (Wildman–Crippen MR) is 90.5 cm³/mol. The molecule has 0 atom stereocenters. The highest BCUT2D eigenvalue weighted by Gasteiger charge is 2.29. The highest BCUT2D eigenvalue weighted by Crippen LogP contribution is 2.24. The van der Waals surface area contributed by atoms with Crippen molar-refractivity contribution >= 4 is 0 Å². The Kier molecular flexibility index (Phi) is 5.09. The van der Waals surface area contributed by atoms with Gasteiger partial charge in [0.15, 0.2) is 5.82 Å². The average Bonchev–Trinajstić information content (AvgIpc) is 2.98. The zero-order valence-electron chi connectivity index (χ0n) is 14.9. The standard InChI is InChI=1S/C18H27N3O2/c1-7-22-14-10-8-13(9-11-14)12-19-18(5,6)15-20-16(23-21-15)17(2,3)4/h8-11,19H,7,12H2,1-6H3. The molecule has 5 nitrogen and oxygen atoms in total. The molecule has 1 aromatic carbocycles. The van der Waals surface area contributed by atoms with E-state index in [1.54, 1.807) is 0 Å². The molecule has 0 spiro atoms. The predicted octanol–water partition coefficient (Wildman–Crippen LogP) is 3.79. The van der Waals surface area contributed by atoms with E-state index in [0.717, 1.165) is 12.3 Å². The van der Waals surface area contributed by atoms with Crippen molar-refractivity contribution in [3.8, 4) is 5.75 Å². The third kappa shape index (κ3) is 4.55. The highest BCUT2D eigenvalue weighted by molar-refractivity contribution is 5.27. The molecule has 0 saturated carbocycles. The molecule has 0 radical (unpaired) electrons. The molecule has 0 aliphatic heterocycles. The van der Waals surface area contributed by atoms with E-state index in [0.29, 0.717) is 18.3 Å². The Labute approximate surface area is 138 Å². The van der Waals surface area contributed by atoms with Gasteiger partial charge < -0.3 is 14.6 Å². The summed E-state index contributed by atoms with van der Waals surface area (Å²) in [6.07, 6.45) is 0. The molecule has 0 aliphatic carbocycles. The third-order valence-corrected chi connectivity index (χ3v) is 3.60. The number of ether oxygens (including phenoxy) is 1. The zero-order valence-corrected chi connectivity index (χ0v) is 14.9. The maximum atomic E-state index is 5.46. The normalized spacial score (nSPS) is 12.4. The Morgan fingerprint density at radius 3 is 2.26 bits per heavy atom. The fourth-order valence-corrected chi connectivity index (χ4v) is 2.05. The molecule has 2 rings (SSSR count). The summed E-state index contributed by atoms with van der Waals surface area (Å²) in [6, 6.07) is 8.09. The van der Waals surface area contributed by atoms with Crippen molar-refractivity contribution in [2.24, 2.45) is 0 Å². The van der Waals surface area contributed by atoms with Gasteiger partial charge in [-0.25, -0.2) is 0 Å². The quantitative estimate of drug-likeness (QED) is 0.878. The van der Waals surface area contributed by atoms with E-state index in [4.69, 9.17) is 9.26 Å². The largest absolute Gasteiger partial charge is 0.494 e. The molecule has 0 amide bonds. The van der Waals surface area contributed by atoms with Crippen molar-refractivity contribution in [3.63, 3.8) is 0 Å². The number of hydrogen-bond donors (Lipinski definition) is 1. The van der Waals surface area contributed by atoms with Crippen molar-refractivity contribution in [1.82, 2.24) is 15.5 Å². The Hall–Kier alpha value is -1.88. The van der Waals surface area contributed by atoms with Crippen molar-refractivity contribution in [1.29, 1.82) is 0 Å². The molecule has 0 aliphatic rings. The molecule has 0 unspecified atom stereocenters. The van der Waals surface area contributed by atoms with Gasteiger partial charge in [-0.15, -0.1) is 0 Å². The monoisotopic (exact) mass is 317 g/mol. The summed E-state index contributed by atoms with van der Waals surface area (Å²) in [7, 11) is 0. The minimum atomic E-state index is -0.369. The number of nitrogens with one attached hydrogen (secondary N) is 1. The lowest BCUT2D eigenvalue weighted by atomic mass is 9.97. The van der Waals surface area contributed by atoms with Gasteiger partial charge in [-0.05, 0) is 38.5 Å². The van der Waals surface area contributed by atoms with Crippen LogP contribution in [0.15, 0.2) is 28.8 Å². The van der Waals surface area contributed by atoms with Gasteiger partial charge >= 0.3 is 0 Å². The zero-order chi connectivity index (χ0) is 17.1. The maximum Gasteiger partial charge on any atom is 0.232 e. The molecule has 1 aromatic heterocycles. The second-order valence-corrected chi connectivity index (χ2v) is 7.23. The summed E-state index contributed by atoms with van der Waals surface area (Å²) in [5, 5.41) is 7.62. The summed E-state index contributed by atoms with van der Waals surface area (Å²) in [6.45, 7) is 13.7. The lowest BCUT2D eigenvalue weighted by Gasteiger charge is -2.22. The number of nitrogens with zero attached hydrogens (tertiary/aromatic N) is 2. The van der Waals surface area contributed by atoms with Crippen LogP contribution >= 0.6 is 0 Å². The summed E-state index contributed by atoms with van der Waals surface area (Å²) in [5.41, 5.74) is 0.670. The summed E-state index contributed by atoms with van der Waals surface area (Å²) < 4.78 is 10.8. The van der Waals surface area contributed by atoms with Crippen LogP contribution in [0.1, 0.15) is 58.8 Å². The molecule has 0 bridgehead atoms. The SMILES string of the molecule is CCOc1ccc(CNC(C)(C)c2noc(C(C)(C)C)n2)cc1. The Morgan fingerprint density at radius 1 is 1.09 bits per heavy atom. The molecular formula is C18H27N3O2. The van der Waals surface area contributed by atoms with Crippen molar-refractivity contribution in [3.05, 3.63) is 41.5 Å². The van der Waals surface area contributed by atoms with Crippen LogP contribution < -0.4 is 10.1 Å². The molecule has 126 valence electrons. The molecular weight excluding hydrogens is 290 g/mol. The van der Waals surface area contributed by atoms with Gasteiger partial charge in [0, 0.05) is 12.0 Å². The first kappa shape index (κ1) is 17.5. The molecule has 0 saturated heterocycles. The first-order chi connectivity index (χ1) is 10.7. The summed E-state index contributed by atoms with van der Waals surface area (Å²) >= 11 is 0. The van der Waals surface area contributed by atoms with E-state index in [9.17, 15) is 0 Å². The number of aromatic nitrogens is 2. The van der Waals surface area contributed by atoms with Crippen LogP contribution in [0.4, 0.5) is 0 Å². The number of hydrogen-bond acceptors (Lipinski definition) is 5. The van der Waals surface area contributed by atoms with Gasteiger partial charge in [0.05, 0.1) is 12.1 Å². The molecule has 5 heteroatoms. The van der Waals surface area contributed by atoms with Gasteiger partial charge in [0.2, 0.25) is 5.89 Å². The van der Waals surface area contributed by atoms with Gasteiger partial charge in [0.25, 0.3) is 0 Å². The average molecular weight is 317 g/mol. The third-order valence-electron chi connectivity index (χ3n) is 3.60. The van der Waals surface area contributed by atoms with Crippen LogP contribution in [0.3, 0.4) is 0 Å². The minimum absolute atomic E-state index is 0.142. The Morgan fingerprint density at radius 2 is 1.74 bits per heavy atom. The number of rotatable bonds is 6. The van der Waals surface area contributed by atoms with Crippen LogP contribution in [-0.4, -0.2) is 16.7 Å². The minimum Gasteiger partial charge on any atom is -0.494 e. The fourth-order valence-electron chi connectivity index (χ4n) is 2.05. The molecule has 2 aromatic rings. The topological polar surface area (TPSA) is 60.2 Å². The van der Waals surface area contributed by atoms with E-state index in [2.05, 4.69) is 62.2 Å². The van der Waals surface area contributed by atoms with Gasteiger partial charge in [-0.3, -0.25) is 0 Å². The Bertz CT molecular complexity index is 624. The van der Waals surface area contributed by atoms with E-state index in [-0.39, 0.29) is 11.0 Å². The summed E-state index contributed by atoms with van der Waals surface area (Å²) in [5.74, 6) is 2.22. The van der Waals surface area contributed by atoms with Crippen molar-refractivity contribution in [2.45, 2.75) is 59.0 Å². The van der Waals surface area contributed by atoms with Crippen LogP contribution in [0, 0.1) is 0 Å². The lowest BCUT2D eigenvalue weighted by molar-refractivity contribution is 0.304. The second-order valence-electron chi connectivity index (χ2n) is 7.23. The maximum absolute atomic E-state index is 5.46. The lowest BCUT2D eigenvalue weighted by Crippen LogP contribution is -2.37. The van der Waals surface area contributed by atoms with Crippen molar-refractivity contribution < 1.29 is 9.26 Å². The smallest absolute Gasteiger partial charge is 0.232 e. The van der Waals surface area contributed by atoms with Crippen LogP contribution in [0.25, 0.3) is 0 Å². The Balaban J connectivity index is 2.02. The number of benzene rings is 1. The molecule has 23 heavy (non-hydrogen) atoms. The highest BCUT2D eigenvalue weighted by atomic mass is 16.5. The first-order valence-corrected chi connectivity index (χ1v) is 8.04. The van der Waals surface area contributed by atoms with Gasteiger partial charge in [-0.2, -0.15) is 4.98 Å². The van der Waals surface area contributed by atoms with E-state index >= 15 is 0 Å². The first-order valence-electron chi connectivity index (χ1n) is 8.04. The summed E-state index contributed by atoms with van der Waals surface area (Å²) in [4.78, 5) is 4.54. The van der Waals surface area contributed by atoms with Gasteiger partial charge in [-0.1, -0.05) is 38.1 Å².